The summed E-state index contributed by atoms with van der Waals surface area (Å²) in [4.78, 5) is 36.4. The third kappa shape index (κ3) is 4.64. The minimum Gasteiger partial charge on any atom is -0.497 e. The second-order valence-corrected chi connectivity index (χ2v) is 9.44. The van der Waals surface area contributed by atoms with Gasteiger partial charge in [-0.2, -0.15) is 5.01 Å². The molecule has 0 aliphatic carbocycles. The fourth-order valence-electron chi connectivity index (χ4n) is 3.34. The summed E-state index contributed by atoms with van der Waals surface area (Å²) in [5.41, 5.74) is 5.64. The molecule has 0 radical (unpaired) electrons. The Bertz CT molecular complexity index is 1360. The molecular weight excluding hydrogens is 456 g/mol. The van der Waals surface area contributed by atoms with Crippen LogP contribution in [0.1, 0.15) is 19.4 Å². The lowest BCUT2D eigenvalue weighted by Crippen LogP contribution is -2.34. The molecule has 1 aromatic carbocycles. The van der Waals surface area contributed by atoms with Gasteiger partial charge in [0.05, 0.1) is 17.4 Å². The van der Waals surface area contributed by atoms with Gasteiger partial charge in [0.15, 0.2) is 11.6 Å². The number of methoxy groups -OCH3 is 1. The number of hydrogen-bond donors (Lipinski definition) is 1. The number of carbonyl (C=O) groups is 2. The summed E-state index contributed by atoms with van der Waals surface area (Å²) in [6, 6.07) is 11.7. The molecule has 0 unspecified atom stereocenters. The van der Waals surface area contributed by atoms with Crippen molar-refractivity contribution in [2.24, 2.45) is 0 Å². The lowest BCUT2D eigenvalue weighted by atomic mass is 10.1. The normalized spacial score (nSPS) is 10.7. The number of hydrogen-bond acceptors (Lipinski definition) is 8. The molecule has 0 aliphatic rings. The van der Waals surface area contributed by atoms with E-state index in [1.807, 2.05) is 48.7 Å². The minimum atomic E-state index is -0.477. The standard InChI is InChI=1S/C24H22N4O3S2/c1-14(2)11-19(30)28(13-29)27-23-20-15(3)21(16-7-5-8-17(12-16)31-4)33-24(20)26-22(25-23)18-9-6-10-32-18/h5-13H,1-4H3,(H,25,26,27). The van der Waals surface area contributed by atoms with E-state index in [-0.39, 0.29) is 0 Å². The zero-order chi connectivity index (χ0) is 23.5. The van der Waals surface area contributed by atoms with Crippen LogP contribution < -0.4 is 10.2 Å². The Kier molecular flexibility index (Phi) is 6.52. The first kappa shape index (κ1) is 22.6. The third-order valence-corrected chi connectivity index (χ3v) is 6.95. The Morgan fingerprint density at radius 2 is 2.00 bits per heavy atom. The number of rotatable bonds is 7. The van der Waals surface area contributed by atoms with Crippen LogP contribution in [0.3, 0.4) is 0 Å². The zero-order valence-corrected chi connectivity index (χ0v) is 20.2. The summed E-state index contributed by atoms with van der Waals surface area (Å²) in [5, 5.41) is 3.61. The molecule has 4 aromatic rings. The second-order valence-electron chi connectivity index (χ2n) is 7.49. The number of anilines is 1. The Labute approximate surface area is 199 Å². The highest BCUT2D eigenvalue weighted by molar-refractivity contribution is 7.22. The molecule has 0 bridgehead atoms. The number of aryl methyl sites for hydroxylation is 1. The molecule has 168 valence electrons. The van der Waals surface area contributed by atoms with Gasteiger partial charge in [0.25, 0.3) is 5.91 Å². The molecule has 0 aliphatic heterocycles. The van der Waals surface area contributed by atoms with Gasteiger partial charge in [0.2, 0.25) is 6.41 Å². The van der Waals surface area contributed by atoms with Crippen molar-refractivity contribution in [1.29, 1.82) is 0 Å². The summed E-state index contributed by atoms with van der Waals surface area (Å²) in [7, 11) is 1.63. The average Bonchev–Trinajstić information content (AvgIpc) is 3.45. The van der Waals surface area contributed by atoms with Crippen LogP contribution in [-0.2, 0) is 9.59 Å². The number of nitrogens with zero attached hydrogens (tertiary/aromatic N) is 3. The van der Waals surface area contributed by atoms with Crippen molar-refractivity contribution < 1.29 is 14.3 Å². The molecule has 2 amide bonds. The molecular formula is C24H22N4O3S2. The van der Waals surface area contributed by atoms with Crippen LogP contribution >= 0.6 is 22.7 Å². The van der Waals surface area contributed by atoms with E-state index in [1.54, 1.807) is 21.0 Å². The molecule has 3 heterocycles. The smallest absolute Gasteiger partial charge is 0.271 e. The van der Waals surface area contributed by atoms with Gasteiger partial charge in [-0.05, 0) is 55.5 Å². The van der Waals surface area contributed by atoms with Gasteiger partial charge in [-0.1, -0.05) is 23.8 Å². The van der Waals surface area contributed by atoms with E-state index < -0.39 is 5.91 Å². The largest absolute Gasteiger partial charge is 0.497 e. The number of carbonyl (C=O) groups excluding carboxylic acids is 2. The van der Waals surface area contributed by atoms with Crippen LogP contribution in [0.25, 0.3) is 31.4 Å². The van der Waals surface area contributed by atoms with E-state index in [9.17, 15) is 9.59 Å². The van der Waals surface area contributed by atoms with Crippen LogP contribution in [0.5, 0.6) is 5.75 Å². The van der Waals surface area contributed by atoms with E-state index in [0.29, 0.717) is 18.1 Å². The number of aromatic nitrogens is 2. The summed E-state index contributed by atoms with van der Waals surface area (Å²) in [5.74, 6) is 1.20. The highest BCUT2D eigenvalue weighted by Gasteiger charge is 2.21. The maximum absolute atomic E-state index is 12.5. The number of amides is 2. The molecule has 4 rings (SSSR count). The maximum atomic E-state index is 12.5. The molecule has 33 heavy (non-hydrogen) atoms. The van der Waals surface area contributed by atoms with Crippen molar-refractivity contribution >= 4 is 51.0 Å². The molecule has 0 saturated carbocycles. The summed E-state index contributed by atoms with van der Waals surface area (Å²) >= 11 is 3.05. The first-order chi connectivity index (χ1) is 15.9. The third-order valence-electron chi connectivity index (χ3n) is 4.84. The molecule has 7 nitrogen and oxygen atoms in total. The van der Waals surface area contributed by atoms with Gasteiger partial charge in [-0.15, -0.1) is 22.7 Å². The predicted molar refractivity (Wildman–Crippen MR) is 133 cm³/mol. The van der Waals surface area contributed by atoms with Gasteiger partial charge in [0, 0.05) is 11.0 Å². The van der Waals surface area contributed by atoms with Crippen molar-refractivity contribution in [3.63, 3.8) is 0 Å². The van der Waals surface area contributed by atoms with Crippen LogP contribution in [0.2, 0.25) is 0 Å². The first-order valence-corrected chi connectivity index (χ1v) is 11.8. The SMILES string of the molecule is COc1cccc(-c2sc3nc(-c4cccs4)nc(NN(C=O)C(=O)C=C(C)C)c3c2C)c1. The lowest BCUT2D eigenvalue weighted by molar-refractivity contribution is -0.132. The van der Waals surface area contributed by atoms with Gasteiger partial charge in [-0.25, -0.2) is 9.97 Å². The lowest BCUT2D eigenvalue weighted by Gasteiger charge is -2.17. The molecule has 0 saturated heterocycles. The molecule has 3 aromatic heterocycles. The summed E-state index contributed by atoms with van der Waals surface area (Å²) < 4.78 is 5.38. The minimum absolute atomic E-state index is 0.397. The highest BCUT2D eigenvalue weighted by atomic mass is 32.1. The fourth-order valence-corrected chi connectivity index (χ4v) is 5.17. The number of benzene rings is 1. The van der Waals surface area contributed by atoms with Crippen molar-refractivity contribution in [1.82, 2.24) is 15.0 Å². The Morgan fingerprint density at radius 1 is 1.18 bits per heavy atom. The predicted octanol–water partition coefficient (Wildman–Crippen LogP) is 5.68. The number of thiophene rings is 2. The molecule has 0 spiro atoms. The number of hydrazine groups is 1. The van der Waals surface area contributed by atoms with E-state index in [4.69, 9.17) is 14.7 Å². The average molecular weight is 479 g/mol. The second kappa shape index (κ2) is 9.51. The van der Waals surface area contributed by atoms with E-state index in [2.05, 4.69) is 5.43 Å². The van der Waals surface area contributed by atoms with Crippen molar-refractivity contribution in [3.8, 4) is 26.9 Å². The Morgan fingerprint density at radius 3 is 2.67 bits per heavy atom. The van der Waals surface area contributed by atoms with Gasteiger partial charge in [-0.3, -0.25) is 15.0 Å². The van der Waals surface area contributed by atoms with Crippen molar-refractivity contribution in [2.45, 2.75) is 20.8 Å². The molecule has 0 atom stereocenters. The maximum Gasteiger partial charge on any atom is 0.271 e. The van der Waals surface area contributed by atoms with Crippen molar-refractivity contribution in [3.05, 3.63) is 59.0 Å². The number of nitrogens with one attached hydrogen (secondary N) is 1. The van der Waals surface area contributed by atoms with E-state index >= 15 is 0 Å². The monoisotopic (exact) mass is 478 g/mol. The van der Waals surface area contributed by atoms with Gasteiger partial charge in [0.1, 0.15) is 10.6 Å². The fraction of sp³-hybridized carbons (Fsp3) is 0.167. The van der Waals surface area contributed by atoms with Gasteiger partial charge < -0.3 is 4.74 Å². The quantitative estimate of drug-likeness (QED) is 0.209. The van der Waals surface area contributed by atoms with E-state index in [1.165, 1.54) is 28.7 Å². The Balaban J connectivity index is 1.89. The Hall–Kier alpha value is -3.56. The molecule has 9 heteroatoms. The number of allylic oxidation sites excluding steroid dienone is 1. The highest BCUT2D eigenvalue weighted by Crippen LogP contribution is 2.42. The van der Waals surface area contributed by atoms with Crippen LogP contribution in [-0.4, -0.2) is 34.4 Å². The van der Waals surface area contributed by atoms with Crippen LogP contribution in [0.4, 0.5) is 5.82 Å². The number of fused-ring (bicyclic) bond motifs is 1. The van der Waals surface area contributed by atoms with Crippen molar-refractivity contribution in [2.75, 3.05) is 12.5 Å². The van der Waals surface area contributed by atoms with Gasteiger partial charge >= 0.3 is 0 Å². The summed E-state index contributed by atoms with van der Waals surface area (Å²) in [6.45, 7) is 5.57. The van der Waals surface area contributed by atoms with Crippen LogP contribution in [0, 0.1) is 6.92 Å². The first-order valence-electron chi connectivity index (χ1n) is 10.1. The summed E-state index contributed by atoms with van der Waals surface area (Å²) in [6.07, 6.45) is 1.84. The zero-order valence-electron chi connectivity index (χ0n) is 18.6. The topological polar surface area (TPSA) is 84.4 Å². The molecule has 1 N–H and O–H groups in total. The number of imide groups is 1. The number of ether oxygens (including phenoxy) is 1. The molecule has 0 fully saturated rings. The van der Waals surface area contributed by atoms with Crippen LogP contribution in [0.15, 0.2) is 53.4 Å². The van der Waals surface area contributed by atoms with E-state index in [0.717, 1.165) is 47.4 Å².